The van der Waals surface area contributed by atoms with E-state index in [4.69, 9.17) is 0 Å². The Kier molecular flexibility index (Phi) is 8.85. The van der Waals surface area contributed by atoms with Crippen molar-refractivity contribution < 1.29 is 32.2 Å². The standard InChI is InChI=1S/C5H5F3O2.C4H6O2/c1-2-4(9)10-3-5(6,7)8;1-3-4(5)6-2/h2H,1,3H2;3H,1H2,2H3. The Morgan fingerprint density at radius 1 is 1.19 bits per heavy atom. The Morgan fingerprint density at radius 3 is 1.81 bits per heavy atom. The molecule has 0 aromatic rings. The SMILES string of the molecule is C=CC(=O)OC.C=CC(=O)OCC(F)(F)F. The molecule has 0 aliphatic heterocycles. The average molecular weight is 240 g/mol. The number of halogens is 3. The molecule has 0 amide bonds. The van der Waals surface area contributed by atoms with Crippen LogP contribution in [0.5, 0.6) is 0 Å². The monoisotopic (exact) mass is 240 g/mol. The number of carbonyl (C=O) groups excluding carboxylic acids is 2. The molecule has 4 nitrogen and oxygen atoms in total. The van der Waals surface area contributed by atoms with Gasteiger partial charge in [-0.05, 0) is 0 Å². The third-order valence-corrected chi connectivity index (χ3v) is 0.913. The van der Waals surface area contributed by atoms with Gasteiger partial charge in [0.05, 0.1) is 7.11 Å². The van der Waals surface area contributed by atoms with Gasteiger partial charge in [-0.25, -0.2) is 9.59 Å². The number of rotatable bonds is 3. The lowest BCUT2D eigenvalue weighted by Gasteiger charge is -2.04. The number of ether oxygens (including phenoxy) is 2. The van der Waals surface area contributed by atoms with Crippen LogP contribution in [0.15, 0.2) is 25.3 Å². The maximum absolute atomic E-state index is 11.2. The van der Waals surface area contributed by atoms with E-state index in [2.05, 4.69) is 22.6 Å². The lowest BCUT2D eigenvalue weighted by molar-refractivity contribution is -0.182. The molecule has 92 valence electrons. The number of methoxy groups -OCH3 is 1. The van der Waals surface area contributed by atoms with Crippen molar-refractivity contribution in [3.63, 3.8) is 0 Å². The molecule has 7 heteroatoms. The summed E-state index contributed by atoms with van der Waals surface area (Å²) in [5.41, 5.74) is 0. The zero-order valence-corrected chi connectivity index (χ0v) is 8.54. The number of carbonyl (C=O) groups is 2. The van der Waals surface area contributed by atoms with Crippen LogP contribution in [0.2, 0.25) is 0 Å². The quantitative estimate of drug-likeness (QED) is 0.555. The van der Waals surface area contributed by atoms with Gasteiger partial charge in [0.1, 0.15) is 0 Å². The first-order chi connectivity index (χ1) is 7.26. The first-order valence-electron chi connectivity index (χ1n) is 3.83. The molecule has 0 aromatic heterocycles. The molecule has 0 radical (unpaired) electrons. The van der Waals surface area contributed by atoms with Gasteiger partial charge in [-0.1, -0.05) is 13.2 Å². The van der Waals surface area contributed by atoms with Gasteiger partial charge in [0, 0.05) is 12.2 Å². The topological polar surface area (TPSA) is 52.6 Å². The van der Waals surface area contributed by atoms with Gasteiger partial charge < -0.3 is 9.47 Å². The molecule has 0 heterocycles. The maximum atomic E-state index is 11.2. The molecule has 0 bridgehead atoms. The van der Waals surface area contributed by atoms with Crippen LogP contribution in [0, 0.1) is 0 Å². The van der Waals surface area contributed by atoms with E-state index in [1.165, 1.54) is 7.11 Å². The van der Waals surface area contributed by atoms with Crippen LogP contribution in [0.3, 0.4) is 0 Å². The smallest absolute Gasteiger partial charge is 0.422 e. The number of hydrogen-bond donors (Lipinski definition) is 0. The summed E-state index contributed by atoms with van der Waals surface area (Å²) < 4.78 is 41.5. The van der Waals surface area contributed by atoms with Crippen molar-refractivity contribution in [3.8, 4) is 0 Å². The van der Waals surface area contributed by atoms with Gasteiger partial charge in [-0.2, -0.15) is 13.2 Å². The van der Waals surface area contributed by atoms with Crippen LogP contribution in [0.4, 0.5) is 13.2 Å². The van der Waals surface area contributed by atoms with E-state index in [0.29, 0.717) is 6.08 Å². The molecule has 0 aliphatic carbocycles. The van der Waals surface area contributed by atoms with Gasteiger partial charge in [0.25, 0.3) is 0 Å². The summed E-state index contributed by atoms with van der Waals surface area (Å²) in [6.45, 7) is 4.52. The van der Waals surface area contributed by atoms with Crippen molar-refractivity contribution in [1.29, 1.82) is 0 Å². The second kappa shape index (κ2) is 8.51. The van der Waals surface area contributed by atoms with E-state index in [1.54, 1.807) is 0 Å². The fourth-order valence-corrected chi connectivity index (χ4v) is 0.295. The third-order valence-electron chi connectivity index (χ3n) is 0.913. The summed E-state index contributed by atoms with van der Waals surface area (Å²) in [6, 6.07) is 0. The highest BCUT2D eigenvalue weighted by Crippen LogP contribution is 2.14. The van der Waals surface area contributed by atoms with Gasteiger partial charge >= 0.3 is 18.1 Å². The highest BCUT2D eigenvalue weighted by atomic mass is 19.4. The van der Waals surface area contributed by atoms with Crippen molar-refractivity contribution >= 4 is 11.9 Å². The Labute approximate surface area is 90.3 Å². The summed E-state index contributed by atoms with van der Waals surface area (Å²) in [7, 11) is 1.31. The molecule has 0 aromatic carbocycles. The predicted octanol–water partition coefficient (Wildman–Crippen LogP) is 1.62. The van der Waals surface area contributed by atoms with Crippen molar-refractivity contribution in [3.05, 3.63) is 25.3 Å². The maximum Gasteiger partial charge on any atom is 0.422 e. The van der Waals surface area contributed by atoms with E-state index in [9.17, 15) is 22.8 Å². The Balaban J connectivity index is 0. The van der Waals surface area contributed by atoms with Crippen LogP contribution in [-0.4, -0.2) is 31.8 Å². The van der Waals surface area contributed by atoms with Gasteiger partial charge in [-0.3, -0.25) is 0 Å². The molecular weight excluding hydrogens is 229 g/mol. The Hall–Kier alpha value is -1.79. The molecule has 0 unspecified atom stereocenters. The van der Waals surface area contributed by atoms with Crippen LogP contribution in [-0.2, 0) is 19.1 Å². The van der Waals surface area contributed by atoms with Crippen LogP contribution in [0.1, 0.15) is 0 Å². The van der Waals surface area contributed by atoms with E-state index in [1.807, 2.05) is 0 Å². The number of hydrogen-bond acceptors (Lipinski definition) is 4. The van der Waals surface area contributed by atoms with Crippen molar-refractivity contribution in [2.45, 2.75) is 6.18 Å². The van der Waals surface area contributed by atoms with E-state index in [0.717, 1.165) is 6.08 Å². The van der Waals surface area contributed by atoms with Crippen molar-refractivity contribution in [2.24, 2.45) is 0 Å². The second-order valence-electron chi connectivity index (χ2n) is 2.15. The van der Waals surface area contributed by atoms with E-state index >= 15 is 0 Å². The Bertz CT molecular complexity index is 258. The molecule has 0 saturated heterocycles. The molecule has 0 spiro atoms. The number of esters is 2. The third kappa shape index (κ3) is 14.7. The second-order valence-corrected chi connectivity index (χ2v) is 2.15. The first-order valence-corrected chi connectivity index (χ1v) is 3.83. The predicted molar refractivity (Wildman–Crippen MR) is 49.4 cm³/mol. The lowest BCUT2D eigenvalue weighted by atomic mass is 10.6. The molecule has 0 aliphatic rings. The largest absolute Gasteiger partial charge is 0.466 e. The lowest BCUT2D eigenvalue weighted by Crippen LogP contribution is -2.19. The van der Waals surface area contributed by atoms with Crippen LogP contribution >= 0.6 is 0 Å². The van der Waals surface area contributed by atoms with Crippen LogP contribution in [0.25, 0.3) is 0 Å². The summed E-state index contributed by atoms with van der Waals surface area (Å²) in [5.74, 6) is -1.47. The molecule has 0 rings (SSSR count). The molecule has 0 fully saturated rings. The van der Waals surface area contributed by atoms with Crippen molar-refractivity contribution in [2.75, 3.05) is 13.7 Å². The normalized spacial score (nSPS) is 9.25. The minimum Gasteiger partial charge on any atom is -0.466 e. The summed E-state index contributed by atoms with van der Waals surface area (Å²) in [6.07, 6.45) is -2.68. The summed E-state index contributed by atoms with van der Waals surface area (Å²) >= 11 is 0. The molecule has 0 saturated carbocycles. The summed E-state index contributed by atoms with van der Waals surface area (Å²) in [5, 5.41) is 0. The van der Waals surface area contributed by atoms with Gasteiger partial charge in [0.2, 0.25) is 0 Å². The van der Waals surface area contributed by atoms with Crippen LogP contribution < -0.4 is 0 Å². The minimum atomic E-state index is -4.46. The summed E-state index contributed by atoms with van der Waals surface area (Å²) in [4.78, 5) is 19.9. The highest BCUT2D eigenvalue weighted by Gasteiger charge is 2.28. The van der Waals surface area contributed by atoms with Gasteiger partial charge in [0.15, 0.2) is 6.61 Å². The molecular formula is C9H11F3O4. The zero-order chi connectivity index (χ0) is 13.2. The highest BCUT2D eigenvalue weighted by molar-refractivity contribution is 5.81. The van der Waals surface area contributed by atoms with E-state index < -0.39 is 24.7 Å². The average Bonchev–Trinajstić information content (AvgIpc) is 2.24. The zero-order valence-electron chi connectivity index (χ0n) is 8.54. The van der Waals surface area contributed by atoms with Gasteiger partial charge in [-0.15, -0.1) is 0 Å². The molecule has 0 atom stereocenters. The van der Waals surface area contributed by atoms with Crippen molar-refractivity contribution in [1.82, 2.24) is 0 Å². The number of alkyl halides is 3. The fourth-order valence-electron chi connectivity index (χ4n) is 0.295. The molecule has 16 heavy (non-hydrogen) atoms. The molecule has 0 N–H and O–H groups in total. The Morgan fingerprint density at radius 2 is 1.62 bits per heavy atom. The van der Waals surface area contributed by atoms with E-state index in [-0.39, 0.29) is 0 Å². The minimum absolute atomic E-state index is 0.394. The first kappa shape index (κ1) is 16.6. The fraction of sp³-hybridized carbons (Fsp3) is 0.333.